The van der Waals surface area contributed by atoms with Crippen LogP contribution < -0.4 is 20.1 Å². The Hall–Kier alpha value is -3.87. The van der Waals surface area contributed by atoms with Crippen molar-refractivity contribution < 1.29 is 19.1 Å². The molecule has 29 heavy (non-hydrogen) atoms. The fourth-order valence-corrected chi connectivity index (χ4v) is 2.67. The molecule has 3 rings (SSSR count). The predicted octanol–water partition coefficient (Wildman–Crippen LogP) is 3.28. The van der Waals surface area contributed by atoms with Crippen LogP contribution in [0.4, 0.5) is 5.69 Å². The van der Waals surface area contributed by atoms with Crippen molar-refractivity contribution in [2.24, 2.45) is 0 Å². The summed E-state index contributed by atoms with van der Waals surface area (Å²) in [5, 5.41) is 5.67. The highest BCUT2D eigenvalue weighted by Crippen LogP contribution is 2.27. The first-order valence-corrected chi connectivity index (χ1v) is 8.91. The molecular weight excluding hydrogens is 370 g/mol. The number of nitrogens with zero attached hydrogens (tertiary/aromatic N) is 1. The Balaban J connectivity index is 1.59. The zero-order valence-electron chi connectivity index (χ0n) is 16.1. The fourth-order valence-electron chi connectivity index (χ4n) is 2.67. The Labute approximate surface area is 168 Å². The molecule has 0 aliphatic rings. The van der Waals surface area contributed by atoms with Crippen LogP contribution in [0.3, 0.4) is 0 Å². The summed E-state index contributed by atoms with van der Waals surface area (Å²) in [6.45, 7) is 0.373. The number of rotatable bonds is 7. The van der Waals surface area contributed by atoms with Gasteiger partial charge in [0.05, 0.1) is 19.8 Å². The number of pyridine rings is 1. The largest absolute Gasteiger partial charge is 0.493 e. The van der Waals surface area contributed by atoms with E-state index in [0.717, 1.165) is 5.56 Å². The number of ether oxygens (including phenoxy) is 2. The molecule has 0 bridgehead atoms. The molecule has 0 aliphatic heterocycles. The van der Waals surface area contributed by atoms with Gasteiger partial charge in [-0.15, -0.1) is 0 Å². The molecule has 0 unspecified atom stereocenters. The summed E-state index contributed by atoms with van der Waals surface area (Å²) in [6.07, 6.45) is 3.13. The predicted molar refractivity (Wildman–Crippen MR) is 109 cm³/mol. The van der Waals surface area contributed by atoms with E-state index >= 15 is 0 Å². The number of aromatic nitrogens is 1. The molecule has 2 aromatic carbocycles. The molecule has 0 saturated heterocycles. The SMILES string of the molecule is COc1ccc(C(=O)Nc2ccc(CNC(=O)c3cccnc3)cc2)cc1OC. The van der Waals surface area contributed by atoms with Gasteiger partial charge in [-0.05, 0) is 48.0 Å². The van der Waals surface area contributed by atoms with Crippen LogP contribution in [0.5, 0.6) is 11.5 Å². The van der Waals surface area contributed by atoms with Crippen molar-refractivity contribution in [3.8, 4) is 11.5 Å². The first-order valence-electron chi connectivity index (χ1n) is 8.91. The molecule has 3 aromatic rings. The lowest BCUT2D eigenvalue weighted by Crippen LogP contribution is -2.22. The highest BCUT2D eigenvalue weighted by Gasteiger charge is 2.11. The molecule has 1 aromatic heterocycles. The van der Waals surface area contributed by atoms with E-state index in [0.29, 0.717) is 34.9 Å². The van der Waals surface area contributed by atoms with E-state index in [1.807, 2.05) is 12.1 Å². The monoisotopic (exact) mass is 391 g/mol. The standard InChI is InChI=1S/C22H21N3O4/c1-28-19-10-7-16(12-20(19)29-2)22(27)25-18-8-5-15(6-9-18)13-24-21(26)17-4-3-11-23-14-17/h3-12,14H,13H2,1-2H3,(H,24,26)(H,25,27). The Bertz CT molecular complexity index is 989. The van der Waals surface area contributed by atoms with Crippen LogP contribution >= 0.6 is 0 Å². The first kappa shape index (κ1) is 19.9. The van der Waals surface area contributed by atoms with Crippen molar-refractivity contribution in [1.29, 1.82) is 0 Å². The molecule has 0 fully saturated rings. The molecule has 148 valence electrons. The van der Waals surface area contributed by atoms with E-state index in [2.05, 4.69) is 15.6 Å². The second-order valence-electron chi connectivity index (χ2n) is 6.15. The van der Waals surface area contributed by atoms with Gasteiger partial charge in [0.25, 0.3) is 11.8 Å². The number of nitrogens with one attached hydrogen (secondary N) is 2. The van der Waals surface area contributed by atoms with Gasteiger partial charge in [-0.1, -0.05) is 12.1 Å². The van der Waals surface area contributed by atoms with E-state index in [9.17, 15) is 9.59 Å². The van der Waals surface area contributed by atoms with Crippen molar-refractivity contribution in [1.82, 2.24) is 10.3 Å². The van der Waals surface area contributed by atoms with Gasteiger partial charge >= 0.3 is 0 Å². The fraction of sp³-hybridized carbons (Fsp3) is 0.136. The molecule has 0 atom stereocenters. The topological polar surface area (TPSA) is 89.6 Å². The Kier molecular flexibility index (Phi) is 6.42. The Morgan fingerprint density at radius 1 is 0.897 bits per heavy atom. The minimum Gasteiger partial charge on any atom is -0.493 e. The number of carbonyl (C=O) groups is 2. The van der Waals surface area contributed by atoms with Gasteiger partial charge in [0.15, 0.2) is 11.5 Å². The number of amides is 2. The summed E-state index contributed by atoms with van der Waals surface area (Å²) in [5.41, 5.74) is 2.51. The van der Waals surface area contributed by atoms with Crippen LogP contribution in [0, 0.1) is 0 Å². The summed E-state index contributed by atoms with van der Waals surface area (Å²) in [6, 6.07) is 15.6. The lowest BCUT2D eigenvalue weighted by Gasteiger charge is -2.10. The van der Waals surface area contributed by atoms with Gasteiger partial charge in [-0.25, -0.2) is 0 Å². The first-order chi connectivity index (χ1) is 14.1. The summed E-state index contributed by atoms with van der Waals surface area (Å²) in [4.78, 5) is 28.5. The molecule has 2 N–H and O–H groups in total. The second kappa shape index (κ2) is 9.36. The molecule has 0 spiro atoms. The van der Waals surface area contributed by atoms with E-state index in [-0.39, 0.29) is 11.8 Å². The second-order valence-corrected chi connectivity index (χ2v) is 6.15. The quantitative estimate of drug-likeness (QED) is 0.645. The molecule has 0 radical (unpaired) electrons. The third-order valence-electron chi connectivity index (χ3n) is 4.23. The van der Waals surface area contributed by atoms with Gasteiger partial charge in [-0.3, -0.25) is 14.6 Å². The zero-order chi connectivity index (χ0) is 20.6. The lowest BCUT2D eigenvalue weighted by molar-refractivity contribution is 0.0949. The molecule has 1 heterocycles. The molecule has 7 heteroatoms. The van der Waals surface area contributed by atoms with Crippen LogP contribution in [0.15, 0.2) is 67.0 Å². The highest BCUT2D eigenvalue weighted by molar-refractivity contribution is 6.04. The number of carbonyl (C=O) groups excluding carboxylic acids is 2. The van der Waals surface area contributed by atoms with Crippen LogP contribution in [-0.2, 0) is 6.54 Å². The van der Waals surface area contributed by atoms with Gasteiger partial charge in [0, 0.05) is 30.2 Å². The summed E-state index contributed by atoms with van der Waals surface area (Å²) >= 11 is 0. The van der Waals surface area contributed by atoms with Crippen LogP contribution in [0.2, 0.25) is 0 Å². The lowest BCUT2D eigenvalue weighted by atomic mass is 10.1. The van der Waals surface area contributed by atoms with Gasteiger partial charge in [-0.2, -0.15) is 0 Å². The Morgan fingerprint density at radius 2 is 1.66 bits per heavy atom. The number of anilines is 1. The molecule has 7 nitrogen and oxygen atoms in total. The molecular formula is C22H21N3O4. The van der Waals surface area contributed by atoms with Crippen molar-refractivity contribution in [3.63, 3.8) is 0 Å². The van der Waals surface area contributed by atoms with Gasteiger partial charge < -0.3 is 20.1 Å². The molecule has 0 aliphatic carbocycles. The Morgan fingerprint density at radius 3 is 2.31 bits per heavy atom. The van der Waals surface area contributed by atoms with E-state index in [1.165, 1.54) is 20.4 Å². The minimum absolute atomic E-state index is 0.191. The summed E-state index contributed by atoms with van der Waals surface area (Å²) in [7, 11) is 3.06. The van der Waals surface area contributed by atoms with Crippen LogP contribution in [0.1, 0.15) is 26.3 Å². The molecule has 0 saturated carbocycles. The van der Waals surface area contributed by atoms with Crippen molar-refractivity contribution in [3.05, 3.63) is 83.7 Å². The van der Waals surface area contributed by atoms with Crippen molar-refractivity contribution >= 4 is 17.5 Å². The maximum absolute atomic E-state index is 12.5. The number of hydrogen-bond donors (Lipinski definition) is 2. The minimum atomic E-state index is -0.261. The smallest absolute Gasteiger partial charge is 0.255 e. The summed E-state index contributed by atoms with van der Waals surface area (Å²) < 4.78 is 10.4. The van der Waals surface area contributed by atoms with Gasteiger partial charge in [0.1, 0.15) is 0 Å². The third kappa shape index (κ3) is 5.10. The maximum atomic E-state index is 12.5. The molecule has 2 amide bonds. The van der Waals surface area contributed by atoms with Crippen LogP contribution in [0.25, 0.3) is 0 Å². The van der Waals surface area contributed by atoms with Crippen LogP contribution in [-0.4, -0.2) is 31.0 Å². The zero-order valence-corrected chi connectivity index (χ0v) is 16.1. The average Bonchev–Trinajstić information content (AvgIpc) is 2.78. The van der Waals surface area contributed by atoms with Gasteiger partial charge in [0.2, 0.25) is 0 Å². The van der Waals surface area contributed by atoms with E-state index in [4.69, 9.17) is 9.47 Å². The third-order valence-corrected chi connectivity index (χ3v) is 4.23. The van der Waals surface area contributed by atoms with Crippen molar-refractivity contribution in [2.75, 3.05) is 19.5 Å². The average molecular weight is 391 g/mol. The maximum Gasteiger partial charge on any atom is 0.255 e. The van der Waals surface area contributed by atoms with Crippen molar-refractivity contribution in [2.45, 2.75) is 6.54 Å². The number of hydrogen-bond acceptors (Lipinski definition) is 5. The normalized spacial score (nSPS) is 10.1. The highest BCUT2D eigenvalue weighted by atomic mass is 16.5. The van der Waals surface area contributed by atoms with E-state index < -0.39 is 0 Å². The summed E-state index contributed by atoms with van der Waals surface area (Å²) in [5.74, 6) is 0.592. The number of benzene rings is 2. The van der Waals surface area contributed by atoms with E-state index in [1.54, 1.807) is 48.7 Å². The number of methoxy groups -OCH3 is 2.